The normalized spacial score (nSPS) is 17.8. The van der Waals surface area contributed by atoms with Crippen molar-refractivity contribution in [3.63, 3.8) is 0 Å². The number of carbonyl (C=O) groups is 1. The Labute approximate surface area is 130 Å². The van der Waals surface area contributed by atoms with Gasteiger partial charge in [-0.05, 0) is 59.9 Å². The molecule has 5 heteroatoms. The minimum Gasteiger partial charge on any atom is -0.476 e. The molecule has 1 aromatic carbocycles. The van der Waals surface area contributed by atoms with Crippen LogP contribution in [0.4, 0.5) is 0 Å². The first-order valence-electron chi connectivity index (χ1n) is 6.67. The van der Waals surface area contributed by atoms with Gasteiger partial charge >= 0.3 is 5.97 Å². The van der Waals surface area contributed by atoms with Crippen molar-refractivity contribution in [2.75, 3.05) is 0 Å². The van der Waals surface area contributed by atoms with E-state index >= 15 is 0 Å². The molecule has 1 aromatic heterocycles. The maximum atomic E-state index is 11.4. The monoisotopic (exact) mass is 382 g/mol. The van der Waals surface area contributed by atoms with Crippen molar-refractivity contribution in [2.45, 2.75) is 26.2 Å². The molecule has 0 saturated carbocycles. The van der Waals surface area contributed by atoms with Gasteiger partial charge in [-0.25, -0.2) is 9.48 Å². The molecule has 20 heavy (non-hydrogen) atoms. The molecule has 1 aliphatic rings. The number of halogens is 1. The number of rotatable bonds is 2. The summed E-state index contributed by atoms with van der Waals surface area (Å²) in [5.41, 5.74) is 3.15. The average Bonchev–Trinajstić information content (AvgIpc) is 2.78. The number of aromatic nitrogens is 2. The van der Waals surface area contributed by atoms with E-state index in [1.807, 2.05) is 28.9 Å². The SMILES string of the molecule is CC1CCc2c(c(C(=O)O)nn2-c2ccccc2I)C1. The quantitative estimate of drug-likeness (QED) is 0.811. The van der Waals surface area contributed by atoms with Crippen LogP contribution < -0.4 is 0 Å². The molecular formula is C15H15IN2O2. The Morgan fingerprint density at radius 1 is 1.45 bits per heavy atom. The fraction of sp³-hybridized carbons (Fsp3) is 0.333. The van der Waals surface area contributed by atoms with Gasteiger partial charge in [-0.1, -0.05) is 19.1 Å². The lowest BCUT2D eigenvalue weighted by molar-refractivity contribution is 0.0688. The zero-order valence-electron chi connectivity index (χ0n) is 11.1. The molecule has 0 fully saturated rings. The molecule has 0 saturated heterocycles. The molecule has 0 radical (unpaired) electrons. The van der Waals surface area contributed by atoms with Crippen molar-refractivity contribution in [3.05, 3.63) is 44.8 Å². The lowest BCUT2D eigenvalue weighted by Gasteiger charge is -2.20. The van der Waals surface area contributed by atoms with E-state index in [2.05, 4.69) is 34.6 Å². The molecule has 1 heterocycles. The van der Waals surface area contributed by atoms with Crippen molar-refractivity contribution in [1.29, 1.82) is 0 Å². The largest absolute Gasteiger partial charge is 0.476 e. The smallest absolute Gasteiger partial charge is 0.356 e. The van der Waals surface area contributed by atoms with Crippen LogP contribution in [0.15, 0.2) is 24.3 Å². The third-order valence-corrected chi connectivity index (χ3v) is 4.71. The van der Waals surface area contributed by atoms with Gasteiger partial charge in [0, 0.05) is 14.8 Å². The zero-order chi connectivity index (χ0) is 14.3. The second kappa shape index (κ2) is 5.20. The molecule has 0 spiro atoms. The van der Waals surface area contributed by atoms with Crippen LogP contribution >= 0.6 is 22.6 Å². The number of benzene rings is 1. The number of carboxylic acids is 1. The Morgan fingerprint density at radius 3 is 2.90 bits per heavy atom. The van der Waals surface area contributed by atoms with E-state index in [-0.39, 0.29) is 5.69 Å². The standard InChI is InChI=1S/C15H15IN2O2/c1-9-6-7-12-10(8-9)14(15(19)20)17-18(12)13-5-3-2-4-11(13)16/h2-5,9H,6-8H2,1H3,(H,19,20). The van der Waals surface area contributed by atoms with E-state index in [1.54, 1.807) is 0 Å². The highest BCUT2D eigenvalue weighted by molar-refractivity contribution is 14.1. The van der Waals surface area contributed by atoms with Gasteiger partial charge in [0.2, 0.25) is 0 Å². The van der Waals surface area contributed by atoms with Crippen LogP contribution in [-0.4, -0.2) is 20.9 Å². The molecule has 104 valence electrons. The van der Waals surface area contributed by atoms with E-state index < -0.39 is 5.97 Å². The highest BCUT2D eigenvalue weighted by atomic mass is 127. The number of nitrogens with zero attached hydrogens (tertiary/aromatic N) is 2. The van der Waals surface area contributed by atoms with Crippen LogP contribution in [0.5, 0.6) is 0 Å². The number of fused-ring (bicyclic) bond motifs is 1. The zero-order valence-corrected chi connectivity index (χ0v) is 13.3. The van der Waals surface area contributed by atoms with Crippen molar-refractivity contribution in [1.82, 2.24) is 9.78 Å². The molecule has 2 aromatic rings. The molecule has 0 bridgehead atoms. The topological polar surface area (TPSA) is 55.1 Å². The molecule has 1 atom stereocenters. The Hall–Kier alpha value is -1.37. The maximum absolute atomic E-state index is 11.4. The summed E-state index contributed by atoms with van der Waals surface area (Å²) in [7, 11) is 0. The van der Waals surface area contributed by atoms with E-state index in [4.69, 9.17) is 0 Å². The maximum Gasteiger partial charge on any atom is 0.356 e. The number of hydrogen-bond acceptors (Lipinski definition) is 2. The first-order valence-corrected chi connectivity index (χ1v) is 7.74. The summed E-state index contributed by atoms with van der Waals surface area (Å²) in [5, 5.41) is 13.7. The highest BCUT2D eigenvalue weighted by Crippen LogP contribution is 2.30. The Bertz CT molecular complexity index is 679. The Balaban J connectivity index is 2.20. The molecular weight excluding hydrogens is 367 g/mol. The van der Waals surface area contributed by atoms with Gasteiger partial charge in [-0.3, -0.25) is 0 Å². The van der Waals surface area contributed by atoms with Gasteiger partial charge < -0.3 is 5.11 Å². The molecule has 4 nitrogen and oxygen atoms in total. The van der Waals surface area contributed by atoms with Gasteiger partial charge in [-0.2, -0.15) is 5.10 Å². The molecule has 0 aliphatic heterocycles. The van der Waals surface area contributed by atoms with Crippen molar-refractivity contribution in [2.24, 2.45) is 5.92 Å². The van der Waals surface area contributed by atoms with E-state index in [1.165, 1.54) is 0 Å². The van der Waals surface area contributed by atoms with Crippen LogP contribution in [0.25, 0.3) is 5.69 Å². The van der Waals surface area contributed by atoms with Crippen LogP contribution in [0.1, 0.15) is 35.1 Å². The molecule has 1 unspecified atom stereocenters. The lowest BCUT2D eigenvalue weighted by Crippen LogP contribution is -2.15. The predicted molar refractivity (Wildman–Crippen MR) is 84.4 cm³/mol. The third kappa shape index (κ3) is 2.24. The van der Waals surface area contributed by atoms with Crippen molar-refractivity contribution in [3.8, 4) is 5.69 Å². The first-order chi connectivity index (χ1) is 9.58. The minimum absolute atomic E-state index is 0.214. The van der Waals surface area contributed by atoms with E-state index in [0.717, 1.165) is 39.8 Å². The van der Waals surface area contributed by atoms with Crippen LogP contribution in [0.3, 0.4) is 0 Å². The highest BCUT2D eigenvalue weighted by Gasteiger charge is 2.28. The summed E-state index contributed by atoms with van der Waals surface area (Å²) >= 11 is 2.26. The predicted octanol–water partition coefficient (Wildman–Crippen LogP) is 3.30. The number of para-hydroxylation sites is 1. The van der Waals surface area contributed by atoms with Gasteiger partial charge in [0.15, 0.2) is 5.69 Å². The molecule has 1 N–H and O–H groups in total. The summed E-state index contributed by atoms with van der Waals surface area (Å²) in [6.07, 6.45) is 2.78. The molecule has 0 amide bonds. The fourth-order valence-electron chi connectivity index (χ4n) is 2.78. The van der Waals surface area contributed by atoms with Gasteiger partial charge in [0.1, 0.15) is 0 Å². The summed E-state index contributed by atoms with van der Waals surface area (Å²) in [6, 6.07) is 7.92. The summed E-state index contributed by atoms with van der Waals surface area (Å²) in [4.78, 5) is 11.4. The van der Waals surface area contributed by atoms with Crippen LogP contribution in [0, 0.1) is 9.49 Å². The Morgan fingerprint density at radius 2 is 2.20 bits per heavy atom. The van der Waals surface area contributed by atoms with E-state index in [9.17, 15) is 9.90 Å². The fourth-order valence-corrected chi connectivity index (χ4v) is 3.40. The lowest BCUT2D eigenvalue weighted by atomic mass is 9.87. The van der Waals surface area contributed by atoms with Gasteiger partial charge in [0.25, 0.3) is 0 Å². The number of aromatic carboxylic acids is 1. The number of hydrogen-bond donors (Lipinski definition) is 1. The number of carboxylic acid groups (broad SMARTS) is 1. The van der Waals surface area contributed by atoms with E-state index in [0.29, 0.717) is 5.92 Å². The second-order valence-corrected chi connectivity index (χ2v) is 6.45. The Kier molecular flexibility index (Phi) is 3.54. The average molecular weight is 382 g/mol. The molecule has 1 aliphatic carbocycles. The third-order valence-electron chi connectivity index (χ3n) is 3.80. The van der Waals surface area contributed by atoms with Crippen LogP contribution in [-0.2, 0) is 12.8 Å². The summed E-state index contributed by atoms with van der Waals surface area (Å²) in [6.45, 7) is 2.16. The van der Waals surface area contributed by atoms with Crippen molar-refractivity contribution < 1.29 is 9.90 Å². The van der Waals surface area contributed by atoms with Crippen LogP contribution in [0.2, 0.25) is 0 Å². The summed E-state index contributed by atoms with van der Waals surface area (Å²) < 4.78 is 2.90. The first kappa shape index (κ1) is 13.6. The second-order valence-electron chi connectivity index (χ2n) is 5.29. The van der Waals surface area contributed by atoms with Gasteiger partial charge in [-0.15, -0.1) is 0 Å². The van der Waals surface area contributed by atoms with Crippen molar-refractivity contribution >= 4 is 28.6 Å². The molecule has 3 rings (SSSR count). The summed E-state index contributed by atoms with van der Waals surface area (Å²) in [5.74, 6) is -0.409. The minimum atomic E-state index is -0.931. The van der Waals surface area contributed by atoms with Gasteiger partial charge in [0.05, 0.1) is 5.69 Å².